The van der Waals surface area contributed by atoms with Gasteiger partial charge in [-0.05, 0) is 25.1 Å². The molecule has 7 nitrogen and oxygen atoms in total. The number of benzene rings is 1. The zero-order valence-corrected chi connectivity index (χ0v) is 13.1. The Morgan fingerprint density at radius 2 is 2.00 bits per heavy atom. The van der Waals surface area contributed by atoms with Gasteiger partial charge in [-0.2, -0.15) is 0 Å². The lowest BCUT2D eigenvalue weighted by Gasteiger charge is -2.28. The average Bonchev–Trinajstić information content (AvgIpc) is 2.39. The summed E-state index contributed by atoms with van der Waals surface area (Å²) in [4.78, 5) is 34.2. The second-order valence-corrected chi connectivity index (χ2v) is 5.39. The fourth-order valence-corrected chi connectivity index (χ4v) is 2.08. The van der Waals surface area contributed by atoms with E-state index in [9.17, 15) is 18.8 Å². The molecule has 8 heteroatoms. The largest absolute Gasteiger partial charge is 0.481 e. The van der Waals surface area contributed by atoms with Gasteiger partial charge in [0.1, 0.15) is 5.82 Å². The first-order valence-corrected chi connectivity index (χ1v) is 6.77. The van der Waals surface area contributed by atoms with Crippen LogP contribution in [0, 0.1) is 5.82 Å². The molecule has 0 saturated carbocycles. The molecule has 3 N–H and O–H groups in total. The number of hydrogen-bond donors (Lipinski definition) is 3. The summed E-state index contributed by atoms with van der Waals surface area (Å²) < 4.78 is 18.5. The molecule has 0 aliphatic heterocycles. The third-order valence-corrected chi connectivity index (χ3v) is 2.96. The maximum Gasteiger partial charge on any atom is 0.305 e. The van der Waals surface area contributed by atoms with Gasteiger partial charge in [0.05, 0.1) is 24.3 Å². The van der Waals surface area contributed by atoms with Crippen LogP contribution in [0.1, 0.15) is 30.6 Å². The second-order valence-electron chi connectivity index (χ2n) is 5.39. The lowest BCUT2D eigenvalue weighted by molar-refractivity contribution is -0.139. The fourth-order valence-electron chi connectivity index (χ4n) is 2.08. The molecule has 0 fully saturated rings. The summed E-state index contributed by atoms with van der Waals surface area (Å²) in [6.45, 7) is 2.74. The van der Waals surface area contributed by atoms with E-state index < -0.39 is 29.1 Å². The van der Waals surface area contributed by atoms with Gasteiger partial charge in [-0.1, -0.05) is 0 Å². The minimum atomic E-state index is -1.12. The lowest BCUT2D eigenvalue weighted by atomic mass is 9.98. The van der Waals surface area contributed by atoms with Gasteiger partial charge in [-0.15, -0.1) is 0 Å². The number of amides is 2. The molecule has 126 valence electrons. The van der Waals surface area contributed by atoms with Crippen LogP contribution in [-0.4, -0.2) is 42.1 Å². The van der Waals surface area contributed by atoms with E-state index in [1.54, 1.807) is 0 Å². The van der Waals surface area contributed by atoms with E-state index in [1.807, 2.05) is 0 Å². The van der Waals surface area contributed by atoms with Gasteiger partial charge in [0.2, 0.25) is 5.91 Å². The molecule has 2 amide bonds. The molecule has 0 aromatic heterocycles. The van der Waals surface area contributed by atoms with Crippen LogP contribution in [0.25, 0.3) is 0 Å². The van der Waals surface area contributed by atoms with Crippen molar-refractivity contribution < 1.29 is 28.6 Å². The summed E-state index contributed by atoms with van der Waals surface area (Å²) >= 11 is 0. The van der Waals surface area contributed by atoms with Crippen LogP contribution in [0.5, 0.6) is 0 Å². The number of rotatable bonds is 7. The summed E-state index contributed by atoms with van der Waals surface area (Å²) in [5.41, 5.74) is -1.17. The van der Waals surface area contributed by atoms with Crippen molar-refractivity contribution in [1.29, 1.82) is 0 Å². The topological polar surface area (TPSA) is 105 Å². The van der Waals surface area contributed by atoms with Gasteiger partial charge >= 0.3 is 5.97 Å². The Hall–Kier alpha value is -2.48. The summed E-state index contributed by atoms with van der Waals surface area (Å²) in [7, 11) is 1.39. The van der Waals surface area contributed by atoms with Crippen molar-refractivity contribution in [3.63, 3.8) is 0 Å². The summed E-state index contributed by atoms with van der Waals surface area (Å²) in [5.74, 6) is -2.85. The summed E-state index contributed by atoms with van der Waals surface area (Å²) in [6.07, 6.45) is -0.341. The zero-order valence-electron chi connectivity index (χ0n) is 13.1. The Bertz CT molecular complexity index is 620. The Labute approximate surface area is 132 Å². The Balaban J connectivity index is 2.99. The molecule has 1 rings (SSSR count). The first-order valence-electron chi connectivity index (χ1n) is 6.77. The minimum Gasteiger partial charge on any atom is -0.481 e. The third kappa shape index (κ3) is 5.67. The molecule has 0 aliphatic rings. The number of ether oxygens (including phenoxy) is 1. The van der Waals surface area contributed by atoms with E-state index in [0.717, 1.165) is 6.07 Å². The number of carbonyl (C=O) groups is 3. The number of anilines is 1. The van der Waals surface area contributed by atoms with Crippen LogP contribution >= 0.6 is 0 Å². The van der Waals surface area contributed by atoms with Crippen LogP contribution < -0.4 is 10.6 Å². The van der Waals surface area contributed by atoms with Crippen molar-refractivity contribution in [2.24, 2.45) is 0 Å². The molecule has 0 heterocycles. The highest BCUT2D eigenvalue weighted by atomic mass is 19.1. The van der Waals surface area contributed by atoms with Crippen molar-refractivity contribution in [1.82, 2.24) is 5.32 Å². The maximum absolute atomic E-state index is 13.6. The standard InChI is InChI=1S/C15H19FN2O5/c1-9(19)17-12-6-10(4-5-11(12)16)14(22)18-15(2,8-23-3)7-13(20)21/h4-6H,7-8H2,1-3H3,(H,17,19)(H,18,22)(H,20,21). The van der Waals surface area contributed by atoms with Gasteiger partial charge in [-0.25, -0.2) is 4.39 Å². The molecular weight excluding hydrogens is 307 g/mol. The molecular formula is C15H19FN2O5. The number of nitrogens with one attached hydrogen (secondary N) is 2. The molecule has 1 atom stereocenters. The average molecular weight is 326 g/mol. The molecule has 0 radical (unpaired) electrons. The normalized spacial score (nSPS) is 13.0. The van der Waals surface area contributed by atoms with Crippen LogP contribution in [-0.2, 0) is 14.3 Å². The van der Waals surface area contributed by atoms with E-state index in [4.69, 9.17) is 9.84 Å². The zero-order chi connectivity index (χ0) is 17.6. The van der Waals surface area contributed by atoms with Crippen LogP contribution in [0.4, 0.5) is 10.1 Å². The van der Waals surface area contributed by atoms with E-state index >= 15 is 0 Å². The smallest absolute Gasteiger partial charge is 0.305 e. The van der Waals surface area contributed by atoms with Crippen molar-refractivity contribution in [2.45, 2.75) is 25.8 Å². The molecule has 0 saturated heterocycles. The molecule has 0 bridgehead atoms. The maximum atomic E-state index is 13.6. The van der Waals surface area contributed by atoms with Crippen molar-refractivity contribution in [2.75, 3.05) is 19.0 Å². The van der Waals surface area contributed by atoms with E-state index in [2.05, 4.69) is 10.6 Å². The van der Waals surface area contributed by atoms with Gasteiger partial charge in [-0.3, -0.25) is 14.4 Å². The first kappa shape index (κ1) is 18.6. The fraction of sp³-hybridized carbons (Fsp3) is 0.400. The number of hydrogen-bond acceptors (Lipinski definition) is 4. The van der Waals surface area contributed by atoms with Crippen molar-refractivity contribution in [3.8, 4) is 0 Å². The molecule has 1 aromatic rings. The molecule has 0 spiro atoms. The van der Waals surface area contributed by atoms with Crippen molar-refractivity contribution >= 4 is 23.5 Å². The van der Waals surface area contributed by atoms with E-state index in [0.29, 0.717) is 0 Å². The van der Waals surface area contributed by atoms with E-state index in [1.165, 1.54) is 33.1 Å². The van der Waals surface area contributed by atoms with Crippen LogP contribution in [0.3, 0.4) is 0 Å². The first-order chi connectivity index (χ1) is 10.7. The molecule has 23 heavy (non-hydrogen) atoms. The third-order valence-electron chi connectivity index (χ3n) is 2.96. The molecule has 0 aliphatic carbocycles. The van der Waals surface area contributed by atoms with Gasteiger partial charge < -0.3 is 20.5 Å². The second kappa shape index (κ2) is 7.68. The number of aliphatic carboxylic acids is 1. The van der Waals surface area contributed by atoms with Crippen molar-refractivity contribution in [3.05, 3.63) is 29.6 Å². The van der Waals surface area contributed by atoms with Gasteiger partial charge in [0.25, 0.3) is 5.91 Å². The van der Waals surface area contributed by atoms with Gasteiger partial charge in [0, 0.05) is 19.6 Å². The SMILES string of the molecule is COCC(C)(CC(=O)O)NC(=O)c1ccc(F)c(NC(C)=O)c1. The molecule has 1 aromatic carbocycles. The summed E-state index contributed by atoms with van der Waals surface area (Å²) in [6, 6.07) is 3.47. The summed E-state index contributed by atoms with van der Waals surface area (Å²) in [5, 5.41) is 13.8. The number of carboxylic acid groups (broad SMARTS) is 1. The Kier molecular flexibility index (Phi) is 6.20. The Morgan fingerprint density at radius 3 is 2.52 bits per heavy atom. The monoisotopic (exact) mass is 326 g/mol. The highest BCUT2D eigenvalue weighted by Gasteiger charge is 2.30. The molecule has 1 unspecified atom stereocenters. The van der Waals surface area contributed by atoms with Crippen LogP contribution in [0.15, 0.2) is 18.2 Å². The number of methoxy groups -OCH3 is 1. The van der Waals surface area contributed by atoms with Crippen LogP contribution in [0.2, 0.25) is 0 Å². The number of halogens is 1. The Morgan fingerprint density at radius 1 is 1.35 bits per heavy atom. The quantitative estimate of drug-likeness (QED) is 0.702. The predicted octanol–water partition coefficient (Wildman–Crippen LogP) is 1.39. The highest BCUT2D eigenvalue weighted by molar-refractivity contribution is 5.97. The van der Waals surface area contributed by atoms with E-state index in [-0.39, 0.29) is 24.3 Å². The number of carbonyl (C=O) groups excluding carboxylic acids is 2. The highest BCUT2D eigenvalue weighted by Crippen LogP contribution is 2.18. The van der Waals surface area contributed by atoms with Gasteiger partial charge in [0.15, 0.2) is 0 Å². The lowest BCUT2D eigenvalue weighted by Crippen LogP contribution is -2.50. The minimum absolute atomic E-state index is 0.00914. The predicted molar refractivity (Wildman–Crippen MR) is 80.7 cm³/mol. The number of carboxylic acids is 1.